The standard InChI is InChI=1S/C31H25Cl3F2N6O3/c1-5-19(43)40-8-10-41(11-9-40)28-16-12-18(32)26(20-23(35)21(33)24(36)22(34)29(20)44)39-30(16)42(31(45)17(28)13-37)27-15(4)6-7-38-25(27)14(2)3/h5-7,12,14,44H,1,8-11H2,2-4H3. The van der Waals surface area contributed by atoms with Gasteiger partial charge in [0.05, 0.1) is 33.3 Å². The van der Waals surface area contributed by atoms with Gasteiger partial charge in [-0.15, -0.1) is 0 Å². The van der Waals surface area contributed by atoms with Gasteiger partial charge in [-0.05, 0) is 36.6 Å². The van der Waals surface area contributed by atoms with E-state index < -0.39 is 38.6 Å². The van der Waals surface area contributed by atoms with Gasteiger partial charge in [0.25, 0.3) is 5.56 Å². The molecule has 0 atom stereocenters. The van der Waals surface area contributed by atoms with Gasteiger partial charge in [-0.3, -0.25) is 19.1 Å². The average Bonchev–Trinajstić information content (AvgIpc) is 3.02. The first-order chi connectivity index (χ1) is 21.3. The molecule has 5 rings (SSSR count). The number of pyridine rings is 3. The number of anilines is 1. The molecule has 0 aliphatic carbocycles. The van der Waals surface area contributed by atoms with Gasteiger partial charge >= 0.3 is 0 Å². The van der Waals surface area contributed by atoms with E-state index in [0.29, 0.717) is 16.9 Å². The minimum Gasteiger partial charge on any atom is -0.505 e. The molecule has 1 saturated heterocycles. The van der Waals surface area contributed by atoms with Crippen molar-refractivity contribution in [2.75, 3.05) is 31.1 Å². The third kappa shape index (κ3) is 5.27. The highest BCUT2D eigenvalue weighted by Crippen LogP contribution is 2.46. The highest BCUT2D eigenvalue weighted by molar-refractivity contribution is 6.37. The Hall–Kier alpha value is -4.24. The van der Waals surface area contributed by atoms with Crippen molar-refractivity contribution in [1.29, 1.82) is 5.26 Å². The maximum absolute atomic E-state index is 15.5. The summed E-state index contributed by atoms with van der Waals surface area (Å²) in [5.74, 6) is -4.15. The van der Waals surface area contributed by atoms with Crippen LogP contribution in [-0.4, -0.2) is 56.6 Å². The maximum Gasteiger partial charge on any atom is 0.276 e. The number of aromatic nitrogens is 3. The van der Waals surface area contributed by atoms with Crippen LogP contribution in [0.5, 0.6) is 5.75 Å². The number of aryl methyl sites for hydroxylation is 1. The van der Waals surface area contributed by atoms with Crippen molar-refractivity contribution in [3.8, 4) is 28.8 Å². The van der Waals surface area contributed by atoms with E-state index in [1.165, 1.54) is 16.7 Å². The first-order valence-corrected chi connectivity index (χ1v) is 14.8. The smallest absolute Gasteiger partial charge is 0.276 e. The second kappa shape index (κ2) is 12.3. The van der Waals surface area contributed by atoms with Crippen molar-refractivity contribution in [3.63, 3.8) is 0 Å². The van der Waals surface area contributed by atoms with Gasteiger partial charge in [-0.1, -0.05) is 55.2 Å². The fourth-order valence-corrected chi connectivity index (χ4v) is 6.15. The summed E-state index contributed by atoms with van der Waals surface area (Å²) in [4.78, 5) is 39.0. The number of hydrogen-bond donors (Lipinski definition) is 1. The number of amides is 1. The van der Waals surface area contributed by atoms with Crippen LogP contribution in [0.2, 0.25) is 15.1 Å². The Kier molecular flexibility index (Phi) is 8.77. The molecule has 4 aromatic rings. The lowest BCUT2D eigenvalue weighted by Crippen LogP contribution is -2.49. The number of phenols is 1. The van der Waals surface area contributed by atoms with Gasteiger partial charge in [0.15, 0.2) is 11.6 Å². The second-order valence-corrected chi connectivity index (χ2v) is 11.8. The Balaban J connectivity index is 1.93. The lowest BCUT2D eigenvalue weighted by Gasteiger charge is -2.36. The van der Waals surface area contributed by atoms with Crippen LogP contribution >= 0.6 is 34.8 Å². The SMILES string of the molecule is C=CC(=O)N1CCN(c2c(C#N)c(=O)n(-c3c(C)ccnc3C(C)C)c3nc(-c4c(O)c(Cl)c(F)c(Cl)c4F)c(Cl)cc23)CC1. The van der Waals surface area contributed by atoms with Crippen LogP contribution in [0.15, 0.2) is 35.8 Å². The lowest BCUT2D eigenvalue weighted by molar-refractivity contribution is -0.126. The summed E-state index contributed by atoms with van der Waals surface area (Å²) in [5, 5.41) is 19.3. The minimum absolute atomic E-state index is 0.0497. The van der Waals surface area contributed by atoms with E-state index in [4.69, 9.17) is 34.8 Å². The molecule has 1 aliphatic rings. The van der Waals surface area contributed by atoms with Crippen molar-refractivity contribution in [2.24, 2.45) is 0 Å². The van der Waals surface area contributed by atoms with Gasteiger partial charge in [-0.2, -0.15) is 5.26 Å². The van der Waals surface area contributed by atoms with E-state index in [0.717, 1.165) is 0 Å². The van der Waals surface area contributed by atoms with Crippen LogP contribution < -0.4 is 10.5 Å². The van der Waals surface area contributed by atoms with Crippen LogP contribution in [0.4, 0.5) is 14.5 Å². The van der Waals surface area contributed by atoms with E-state index in [1.54, 1.807) is 29.0 Å². The molecule has 1 N–H and O–H groups in total. The average molecular weight is 674 g/mol. The second-order valence-electron chi connectivity index (χ2n) is 10.7. The normalized spacial score (nSPS) is 13.4. The fourth-order valence-electron chi connectivity index (χ4n) is 5.48. The molecule has 232 valence electrons. The number of fused-ring (bicyclic) bond motifs is 1. The number of phenolic OH excluding ortho intramolecular Hbond substituents is 1. The maximum atomic E-state index is 15.5. The van der Waals surface area contributed by atoms with Crippen molar-refractivity contribution in [1.82, 2.24) is 19.4 Å². The van der Waals surface area contributed by atoms with Crippen LogP contribution in [0.3, 0.4) is 0 Å². The predicted molar refractivity (Wildman–Crippen MR) is 170 cm³/mol. The van der Waals surface area contributed by atoms with Crippen molar-refractivity contribution >= 4 is 57.4 Å². The molecule has 0 spiro atoms. The number of halogens is 5. The lowest BCUT2D eigenvalue weighted by atomic mass is 10.0. The quantitative estimate of drug-likeness (QED) is 0.146. The number of nitrogens with zero attached hydrogens (tertiary/aromatic N) is 6. The Morgan fingerprint density at radius 1 is 1.13 bits per heavy atom. The summed E-state index contributed by atoms with van der Waals surface area (Å²) in [5.41, 5.74) is -0.323. The largest absolute Gasteiger partial charge is 0.505 e. The Labute approximate surface area is 271 Å². The van der Waals surface area contributed by atoms with E-state index in [-0.39, 0.29) is 71.0 Å². The van der Waals surface area contributed by atoms with Crippen molar-refractivity contribution < 1.29 is 18.7 Å². The molecule has 1 fully saturated rings. The molecule has 1 aliphatic heterocycles. The van der Waals surface area contributed by atoms with E-state index in [9.17, 15) is 24.3 Å². The zero-order valence-electron chi connectivity index (χ0n) is 24.3. The molecule has 0 bridgehead atoms. The molecular weight excluding hydrogens is 649 g/mol. The van der Waals surface area contributed by atoms with Crippen LogP contribution in [0.25, 0.3) is 28.0 Å². The zero-order valence-corrected chi connectivity index (χ0v) is 26.5. The van der Waals surface area contributed by atoms with Crippen LogP contribution in [0, 0.1) is 29.9 Å². The molecule has 4 heterocycles. The number of nitriles is 1. The van der Waals surface area contributed by atoms with Gasteiger partial charge < -0.3 is 14.9 Å². The molecule has 0 unspecified atom stereocenters. The summed E-state index contributed by atoms with van der Waals surface area (Å²) >= 11 is 18.5. The topological polar surface area (TPSA) is 115 Å². The molecule has 3 aromatic heterocycles. The molecule has 0 radical (unpaired) electrons. The van der Waals surface area contributed by atoms with Gasteiger partial charge in [0, 0.05) is 37.8 Å². The van der Waals surface area contributed by atoms with E-state index in [2.05, 4.69) is 16.5 Å². The molecule has 0 saturated carbocycles. The Morgan fingerprint density at radius 3 is 2.40 bits per heavy atom. The number of aromatic hydroxyl groups is 1. The highest BCUT2D eigenvalue weighted by atomic mass is 35.5. The van der Waals surface area contributed by atoms with Gasteiger partial charge in [0.2, 0.25) is 5.91 Å². The molecule has 1 aromatic carbocycles. The highest BCUT2D eigenvalue weighted by Gasteiger charge is 2.31. The Morgan fingerprint density at radius 2 is 1.80 bits per heavy atom. The van der Waals surface area contributed by atoms with Gasteiger partial charge in [-0.25, -0.2) is 13.8 Å². The number of carbonyl (C=O) groups is 1. The summed E-state index contributed by atoms with van der Waals surface area (Å²) < 4.78 is 31.1. The summed E-state index contributed by atoms with van der Waals surface area (Å²) in [6.45, 7) is 10.1. The number of rotatable bonds is 5. The van der Waals surface area contributed by atoms with Crippen molar-refractivity contribution in [3.05, 3.63) is 84.9 Å². The summed E-state index contributed by atoms with van der Waals surface area (Å²) in [7, 11) is 0. The number of hydrogen-bond acceptors (Lipinski definition) is 7. The number of benzene rings is 1. The minimum atomic E-state index is -1.37. The predicted octanol–water partition coefficient (Wildman–Crippen LogP) is 6.53. The molecule has 1 amide bonds. The first kappa shape index (κ1) is 32.2. The third-order valence-electron chi connectivity index (χ3n) is 7.67. The molecular formula is C31H25Cl3F2N6O3. The number of piperazine rings is 1. The van der Waals surface area contributed by atoms with E-state index in [1.807, 2.05) is 19.9 Å². The van der Waals surface area contributed by atoms with E-state index >= 15 is 4.39 Å². The van der Waals surface area contributed by atoms with Gasteiger partial charge in [0.1, 0.15) is 33.1 Å². The summed E-state index contributed by atoms with van der Waals surface area (Å²) in [6.07, 6.45) is 2.81. The Bertz CT molecular complexity index is 1990. The zero-order chi connectivity index (χ0) is 32.9. The molecule has 14 heteroatoms. The number of carbonyl (C=O) groups excluding carboxylic acids is 1. The van der Waals surface area contributed by atoms with Crippen LogP contribution in [0.1, 0.15) is 36.6 Å². The van der Waals surface area contributed by atoms with Crippen molar-refractivity contribution in [2.45, 2.75) is 26.7 Å². The molecule has 9 nitrogen and oxygen atoms in total. The fraction of sp³-hybridized carbons (Fsp3) is 0.258. The third-order valence-corrected chi connectivity index (χ3v) is 8.64. The first-order valence-electron chi connectivity index (χ1n) is 13.7. The monoisotopic (exact) mass is 672 g/mol. The summed E-state index contributed by atoms with van der Waals surface area (Å²) in [6, 6.07) is 5.12. The molecule has 45 heavy (non-hydrogen) atoms. The van der Waals surface area contributed by atoms with Crippen LogP contribution in [-0.2, 0) is 4.79 Å².